The molecule has 27 nitrogen and oxygen atoms in total. The minimum absolute atomic E-state index is 0.0203. The lowest BCUT2D eigenvalue weighted by atomic mass is 9.97. The fraction of sp³-hybridized carbons (Fsp3) is 0.378. The molecule has 9 aromatic carbocycles. The summed E-state index contributed by atoms with van der Waals surface area (Å²) < 4.78 is 87.2. The van der Waals surface area contributed by atoms with Crippen molar-refractivity contribution in [2.75, 3.05) is 42.2 Å². The minimum atomic E-state index is -4.58. The van der Waals surface area contributed by atoms with Gasteiger partial charge in [0.1, 0.15) is 23.3 Å². The number of aryl methyl sites for hydroxylation is 5. The van der Waals surface area contributed by atoms with Gasteiger partial charge in [-0.3, -0.25) is 18.3 Å². The van der Waals surface area contributed by atoms with Crippen LogP contribution in [-0.2, 0) is 88.6 Å². The van der Waals surface area contributed by atoms with Gasteiger partial charge >= 0.3 is 41.4 Å². The van der Waals surface area contributed by atoms with Crippen LogP contribution < -0.4 is 11.4 Å². The molecule has 2 aliphatic rings. The third-order valence-electron chi connectivity index (χ3n) is 28.1. The average molecular weight is 2050 g/mol. The summed E-state index contributed by atoms with van der Waals surface area (Å²) >= 11 is 5.65. The fourth-order valence-corrected chi connectivity index (χ4v) is 21.1. The monoisotopic (exact) mass is 2050 g/mol. The summed E-state index contributed by atoms with van der Waals surface area (Å²) in [6.07, 6.45) is 21.2. The Bertz CT molecular complexity index is 8180. The van der Waals surface area contributed by atoms with Crippen molar-refractivity contribution in [3.8, 4) is 45.6 Å². The summed E-state index contributed by atoms with van der Waals surface area (Å²) in [6, 6.07) is 56.1. The number of unbranched alkanes of at least 4 members (excludes halogenated alkanes) is 2. The Kier molecular flexibility index (Phi) is 34.7. The van der Waals surface area contributed by atoms with E-state index < -0.39 is 18.0 Å². The van der Waals surface area contributed by atoms with Gasteiger partial charge in [0.2, 0.25) is 5.82 Å². The summed E-state index contributed by atoms with van der Waals surface area (Å²) in [4.78, 5) is 104. The molecule has 19 rings (SSSR count). The molecule has 8 aromatic heterocycles. The average Bonchev–Trinajstić information content (AvgIpc) is 1.59. The molecule has 784 valence electrons. The number of benzene rings is 9. The Balaban J connectivity index is 0.000000143. The van der Waals surface area contributed by atoms with Crippen LogP contribution in [0.2, 0.25) is 0 Å². The molecule has 0 amide bonds. The van der Waals surface area contributed by atoms with Crippen molar-refractivity contribution in [3.05, 3.63) is 282 Å². The molecule has 0 spiro atoms. The number of imidazole rings is 8. The number of aromatic nitrogens is 16. The number of rotatable bonds is 34. The molecule has 17 aromatic rings. The number of methoxy groups -OCH3 is 5. The van der Waals surface area contributed by atoms with Gasteiger partial charge in [0.05, 0.1) is 152 Å². The summed E-state index contributed by atoms with van der Waals surface area (Å²) in [7, 11) is 7.14. The number of halogens is 3. The first-order chi connectivity index (χ1) is 72.4. The number of alkyl halides is 3. The van der Waals surface area contributed by atoms with Gasteiger partial charge in [0, 0.05) is 87.3 Å². The van der Waals surface area contributed by atoms with Gasteiger partial charge in [-0.25, -0.2) is 53.7 Å². The highest BCUT2D eigenvalue weighted by molar-refractivity contribution is 7.71. The quantitative estimate of drug-likeness (QED) is 0.0170. The normalized spacial score (nSPS) is 13.0. The number of nitrogens with one attached hydrogen (secondary N) is 1. The van der Waals surface area contributed by atoms with Gasteiger partial charge in [-0.1, -0.05) is 155 Å². The van der Waals surface area contributed by atoms with Crippen molar-refractivity contribution in [3.63, 3.8) is 0 Å². The molecule has 1 saturated carbocycles. The van der Waals surface area contributed by atoms with Crippen molar-refractivity contribution < 1.29 is 56.0 Å². The first kappa shape index (κ1) is 108. The van der Waals surface area contributed by atoms with Crippen molar-refractivity contribution in [1.29, 1.82) is 0 Å². The van der Waals surface area contributed by atoms with Crippen LogP contribution in [0.5, 0.6) is 0 Å². The molecule has 0 aliphatic heterocycles. The number of esters is 4. The molecule has 31 heteroatoms. The summed E-state index contributed by atoms with van der Waals surface area (Å²) in [5, 5.41) is 0. The number of hydrogen-bond acceptors (Lipinski definition) is 17. The Morgan fingerprint density at radius 1 is 0.460 bits per heavy atom. The van der Waals surface area contributed by atoms with Crippen molar-refractivity contribution in [2.45, 2.75) is 250 Å². The molecule has 1 N–H and O–H groups in total. The predicted octanol–water partition coefficient (Wildman–Crippen LogP) is 27.0. The van der Waals surface area contributed by atoms with Crippen LogP contribution in [-0.4, -0.2) is 142 Å². The van der Waals surface area contributed by atoms with E-state index in [-0.39, 0.29) is 53.3 Å². The van der Waals surface area contributed by atoms with Gasteiger partial charge in [0.15, 0.2) is 4.77 Å². The maximum atomic E-state index is 13.9. The Labute approximate surface area is 875 Å². The number of H-pyrrole nitrogens is 1. The first-order valence-electron chi connectivity index (χ1n) is 52.1. The number of para-hydroxylation sites is 4. The zero-order valence-corrected chi connectivity index (χ0v) is 89.5. The minimum Gasteiger partial charge on any atom is -0.465 e. The molecular formula is C119H135F3N16O11S. The summed E-state index contributed by atoms with van der Waals surface area (Å²) in [6.45, 7) is 27.6. The smallest absolute Gasteiger partial charge is 0.449 e. The van der Waals surface area contributed by atoms with Crippen LogP contribution in [0.1, 0.15) is 237 Å². The Morgan fingerprint density at radius 3 is 1.40 bits per heavy atom. The fourth-order valence-electron chi connectivity index (χ4n) is 20.6. The van der Waals surface area contributed by atoms with Gasteiger partial charge in [-0.05, 0) is 271 Å². The maximum Gasteiger partial charge on any atom is 0.449 e. The molecule has 8 heterocycles. The van der Waals surface area contributed by atoms with E-state index in [1.807, 2.05) is 142 Å². The molecule has 0 saturated heterocycles. The summed E-state index contributed by atoms with van der Waals surface area (Å²) in [5.74, 6) is 0.526. The standard InChI is InChI=1S/C34H42N4O4.C33H36N4O3.C27H30N4O2S.C25H27F3N4O2/c1-23(2)10-8-11-24(3)18-19-36-30-15-9-14-27(31(30)37(34(36)40)20-21-41-4)32-35-28-22-25(33(39)42-5)16-17-29(28)38(32)26-12-6-7-13-26;1-5-6-19-35-28-16-15-25(32(38)40-4)22-27(28)34-31(35)26-13-10-14-29-30(26)37(21-18-24-11-8-7-9-12-24)33(39)36(29)20-17-23(2)3;1-17(2)31-24-20(10-7-11-21(24)29-27(31)34)25-28-22-16-19(26(32)33-3)12-13-23(22)30(25)15-14-18-8-5-4-6-9-18;1-5-6-12-31-20-11-10-16(23(33)34-4)13-19(20)29-22(31)17-8-7-9-18-21(17)32(14-15(2)3)24(30-18)25(26,27)28/h9-10,14-18,22,26H,6-8,11-13,19-21H2,1-5H3;7-17,22H,5-6,18-21H2,1-4H3;7-8,10-13,16-17H,4-6,9,14-15H2,1-3H3,(H,29,34);7-11,13,15H,5-6,12,14H2,1-4H3/b24-18+;;;. The molecule has 0 unspecified atom stereocenters. The zero-order chi connectivity index (χ0) is 106. The van der Waals surface area contributed by atoms with E-state index in [1.54, 1.807) is 55.6 Å². The third-order valence-corrected chi connectivity index (χ3v) is 28.4. The molecule has 150 heavy (non-hydrogen) atoms. The van der Waals surface area contributed by atoms with E-state index >= 15 is 0 Å². The van der Waals surface area contributed by atoms with Crippen molar-refractivity contribution in [1.82, 2.24) is 75.6 Å². The predicted molar refractivity (Wildman–Crippen MR) is 592 cm³/mol. The lowest BCUT2D eigenvalue weighted by Crippen LogP contribution is -2.25. The van der Waals surface area contributed by atoms with Crippen LogP contribution in [0, 0.1) is 10.7 Å². The van der Waals surface area contributed by atoms with Crippen molar-refractivity contribution in [2.24, 2.45) is 5.92 Å². The number of carbonyl (C=O) groups excluding carboxylic acids is 4. The van der Waals surface area contributed by atoms with Crippen LogP contribution in [0.25, 0.3) is 134 Å². The van der Waals surface area contributed by atoms with E-state index in [1.165, 1.54) is 93.8 Å². The lowest BCUT2D eigenvalue weighted by Gasteiger charge is -2.17. The Morgan fingerprint density at radius 2 is 0.920 bits per heavy atom. The van der Waals surface area contributed by atoms with Gasteiger partial charge in [-0.15, -0.1) is 0 Å². The van der Waals surface area contributed by atoms with Crippen LogP contribution >= 0.6 is 12.2 Å². The van der Waals surface area contributed by atoms with Gasteiger partial charge in [0.25, 0.3) is 0 Å². The molecule has 2 aliphatic carbocycles. The number of nitrogens with zero attached hydrogens (tertiary/aromatic N) is 15. The zero-order valence-electron chi connectivity index (χ0n) is 88.7. The van der Waals surface area contributed by atoms with Crippen LogP contribution in [0.15, 0.2) is 232 Å². The number of ether oxygens (including phenoxy) is 5. The molecule has 1 fully saturated rings. The van der Waals surface area contributed by atoms with Gasteiger partial charge < -0.3 is 56.1 Å². The number of allylic oxidation sites excluding steroid dienone is 8. The largest absolute Gasteiger partial charge is 0.465 e. The van der Waals surface area contributed by atoms with Crippen LogP contribution in [0.3, 0.4) is 0 Å². The Hall–Kier alpha value is -14.9. The molecular weight excluding hydrogens is 1920 g/mol. The first-order valence-corrected chi connectivity index (χ1v) is 52.5. The van der Waals surface area contributed by atoms with E-state index in [0.29, 0.717) is 94.8 Å². The lowest BCUT2D eigenvalue weighted by molar-refractivity contribution is -0.147. The summed E-state index contributed by atoms with van der Waals surface area (Å²) in [5.41, 5.74) is 24.5. The van der Waals surface area contributed by atoms with E-state index in [4.69, 9.17) is 55.8 Å². The van der Waals surface area contributed by atoms with Crippen molar-refractivity contribution >= 4 is 124 Å². The number of fused-ring (bicyclic) bond motifs is 8. The van der Waals surface area contributed by atoms with Crippen LogP contribution in [0.4, 0.5) is 13.2 Å². The van der Waals surface area contributed by atoms with E-state index in [9.17, 15) is 41.9 Å². The molecule has 0 radical (unpaired) electrons. The number of aromatic amines is 1. The molecule has 0 atom stereocenters. The highest BCUT2D eigenvalue weighted by Gasteiger charge is 2.39. The molecule has 0 bridgehead atoms. The van der Waals surface area contributed by atoms with Gasteiger partial charge in [-0.2, -0.15) is 13.2 Å². The highest BCUT2D eigenvalue weighted by atomic mass is 32.1. The topological polar surface area (TPSA) is 278 Å². The maximum absolute atomic E-state index is 13.9. The second-order valence-electron chi connectivity index (χ2n) is 39.9. The SMILES string of the molecule is CCCCn1c(-c2cccc3c2n(CCc2ccccc2)c(=O)n3CC=C(C)C)nc2cc(C(=O)OC)ccc21.CCCCn1c(-c2cccc3nc(C(F)(F)F)n(CC(C)C)c23)nc2cc(C(=O)OC)ccc21.COC(=O)c1ccc2c(c1)nc(-c1cccc3[nH]c(=S)n(C(C)C)c13)n2CCC1=CCCCC1.COCCn1c(=O)n(C/C=C(\C)CCC=C(C)C)c2cccc(-c3nc4cc(C(=O)OC)ccc4n3C3CCCC3)c21. The second-order valence-corrected chi connectivity index (χ2v) is 40.3. The highest BCUT2D eigenvalue weighted by Crippen LogP contribution is 2.44. The van der Waals surface area contributed by atoms with E-state index in [0.717, 1.165) is 189 Å². The number of hydrogen-bond donors (Lipinski definition) is 1. The number of carbonyl (C=O) groups is 4. The second kappa shape index (κ2) is 48.2. The van der Waals surface area contributed by atoms with E-state index in [2.05, 4.69) is 137 Å². The third kappa shape index (κ3) is 23.3.